The predicted molar refractivity (Wildman–Crippen MR) is 122 cm³/mol. The third-order valence-electron chi connectivity index (χ3n) is 4.14. The fourth-order valence-electron chi connectivity index (χ4n) is 2.85. The van der Waals surface area contributed by atoms with Gasteiger partial charge in [-0.2, -0.15) is 0 Å². The number of fused-ring (bicyclic) bond motifs is 2. The SMILES string of the molecule is O=C(NC(=S)Nc1nc2ccc([N+](=O)[O-])cc2s1)c1cccc2c(Br)cccc12. The number of nitrogens with one attached hydrogen (secondary N) is 2. The Morgan fingerprint density at radius 2 is 1.90 bits per heavy atom. The first-order chi connectivity index (χ1) is 13.9. The van der Waals surface area contributed by atoms with Crippen molar-refractivity contribution in [2.24, 2.45) is 0 Å². The molecule has 0 unspecified atom stereocenters. The minimum Gasteiger partial charge on any atom is -0.308 e. The van der Waals surface area contributed by atoms with Gasteiger partial charge in [-0.1, -0.05) is 51.5 Å². The minimum absolute atomic E-state index is 0.00861. The van der Waals surface area contributed by atoms with Crippen molar-refractivity contribution < 1.29 is 9.72 Å². The number of hydrogen-bond acceptors (Lipinski definition) is 6. The van der Waals surface area contributed by atoms with Gasteiger partial charge in [-0.3, -0.25) is 20.2 Å². The molecule has 4 rings (SSSR count). The maximum absolute atomic E-state index is 12.7. The van der Waals surface area contributed by atoms with Crippen molar-refractivity contribution >= 4 is 82.3 Å². The van der Waals surface area contributed by atoms with Crippen molar-refractivity contribution in [2.45, 2.75) is 0 Å². The normalized spacial score (nSPS) is 10.8. The van der Waals surface area contributed by atoms with Crippen molar-refractivity contribution in [1.29, 1.82) is 0 Å². The summed E-state index contributed by atoms with van der Waals surface area (Å²) in [5.74, 6) is -0.344. The Kier molecular flexibility index (Phi) is 5.22. The van der Waals surface area contributed by atoms with E-state index in [2.05, 4.69) is 31.5 Å². The van der Waals surface area contributed by atoms with Gasteiger partial charge < -0.3 is 5.32 Å². The number of nitro benzene ring substituents is 1. The number of aromatic nitrogens is 1. The van der Waals surface area contributed by atoms with Crippen LogP contribution in [0.3, 0.4) is 0 Å². The third-order valence-corrected chi connectivity index (χ3v) is 5.97. The highest BCUT2D eigenvalue weighted by molar-refractivity contribution is 9.10. The second kappa shape index (κ2) is 7.82. The predicted octanol–water partition coefficient (Wildman–Crippen LogP) is 5.25. The van der Waals surface area contributed by atoms with E-state index in [1.54, 1.807) is 18.2 Å². The lowest BCUT2D eigenvalue weighted by atomic mass is 10.0. The molecule has 0 fully saturated rings. The molecule has 2 N–H and O–H groups in total. The van der Waals surface area contributed by atoms with E-state index in [0.29, 0.717) is 20.9 Å². The van der Waals surface area contributed by atoms with Gasteiger partial charge in [0.1, 0.15) is 0 Å². The summed E-state index contributed by atoms with van der Waals surface area (Å²) >= 11 is 9.94. The van der Waals surface area contributed by atoms with Crippen molar-refractivity contribution in [3.63, 3.8) is 0 Å². The van der Waals surface area contributed by atoms with Crippen LogP contribution in [-0.4, -0.2) is 20.9 Å². The topological polar surface area (TPSA) is 97.2 Å². The molecule has 0 aliphatic carbocycles. The molecule has 0 spiro atoms. The lowest BCUT2D eigenvalue weighted by Crippen LogP contribution is -2.34. The van der Waals surface area contributed by atoms with Crippen molar-refractivity contribution in [3.05, 3.63) is 74.7 Å². The maximum Gasteiger partial charge on any atom is 0.270 e. The number of rotatable bonds is 3. The number of nitrogens with zero attached hydrogens (tertiary/aromatic N) is 2. The molecule has 1 aromatic heterocycles. The Morgan fingerprint density at radius 1 is 1.14 bits per heavy atom. The smallest absolute Gasteiger partial charge is 0.270 e. The number of anilines is 1. The Morgan fingerprint density at radius 3 is 2.69 bits per heavy atom. The first-order valence-electron chi connectivity index (χ1n) is 8.27. The molecule has 29 heavy (non-hydrogen) atoms. The van der Waals surface area contributed by atoms with Crippen LogP contribution in [0.25, 0.3) is 21.0 Å². The van der Waals surface area contributed by atoms with E-state index in [1.807, 2.05) is 24.3 Å². The zero-order chi connectivity index (χ0) is 20.5. The lowest BCUT2D eigenvalue weighted by molar-refractivity contribution is -0.384. The summed E-state index contributed by atoms with van der Waals surface area (Å²) in [6.07, 6.45) is 0. The van der Waals surface area contributed by atoms with Gasteiger partial charge in [0.2, 0.25) is 0 Å². The molecular formula is C19H11BrN4O3S2. The first kappa shape index (κ1) is 19.4. The summed E-state index contributed by atoms with van der Waals surface area (Å²) in [6.45, 7) is 0. The number of amides is 1. The highest BCUT2D eigenvalue weighted by atomic mass is 79.9. The molecule has 144 valence electrons. The van der Waals surface area contributed by atoms with E-state index in [4.69, 9.17) is 12.2 Å². The van der Waals surface area contributed by atoms with Crippen LogP contribution >= 0.6 is 39.5 Å². The van der Waals surface area contributed by atoms with Crippen LogP contribution in [0, 0.1) is 10.1 Å². The van der Waals surface area contributed by atoms with Crippen LogP contribution in [-0.2, 0) is 0 Å². The van der Waals surface area contributed by atoms with E-state index in [-0.39, 0.29) is 16.7 Å². The lowest BCUT2D eigenvalue weighted by Gasteiger charge is -2.10. The highest BCUT2D eigenvalue weighted by Crippen LogP contribution is 2.29. The van der Waals surface area contributed by atoms with Gasteiger partial charge in [-0.15, -0.1) is 0 Å². The molecule has 1 amide bonds. The quantitative estimate of drug-likeness (QED) is 0.233. The summed E-state index contributed by atoms with van der Waals surface area (Å²) in [6, 6.07) is 15.5. The van der Waals surface area contributed by atoms with Gasteiger partial charge in [-0.25, -0.2) is 4.98 Å². The molecule has 0 saturated heterocycles. The standard InChI is InChI=1S/C19H11BrN4O3S2/c20-14-6-2-3-11-12(14)4-1-5-13(11)17(25)22-18(28)23-19-21-15-8-7-10(24(26)27)9-16(15)29-19/h1-9H,(H2,21,22,23,25,28). The number of non-ortho nitro benzene ring substituents is 1. The average molecular weight is 487 g/mol. The van der Waals surface area contributed by atoms with Crippen LogP contribution in [0.15, 0.2) is 59.1 Å². The molecule has 1 heterocycles. The summed E-state index contributed by atoms with van der Waals surface area (Å²) < 4.78 is 1.55. The van der Waals surface area contributed by atoms with Gasteiger partial charge in [0.15, 0.2) is 10.2 Å². The average Bonchev–Trinajstić information content (AvgIpc) is 3.08. The largest absolute Gasteiger partial charge is 0.308 e. The number of halogens is 1. The van der Waals surface area contributed by atoms with Crippen LogP contribution in [0.5, 0.6) is 0 Å². The molecule has 4 aromatic rings. The fourth-order valence-corrected chi connectivity index (χ4v) is 4.50. The number of benzene rings is 3. The maximum atomic E-state index is 12.7. The van der Waals surface area contributed by atoms with Crippen LogP contribution < -0.4 is 10.6 Å². The van der Waals surface area contributed by atoms with E-state index >= 15 is 0 Å². The second-order valence-electron chi connectivity index (χ2n) is 5.98. The van der Waals surface area contributed by atoms with Crippen molar-refractivity contribution in [3.8, 4) is 0 Å². The Hall–Kier alpha value is -2.95. The first-order valence-corrected chi connectivity index (χ1v) is 10.3. The van der Waals surface area contributed by atoms with Gasteiger partial charge >= 0.3 is 0 Å². The zero-order valence-corrected chi connectivity index (χ0v) is 17.7. The molecule has 0 atom stereocenters. The van der Waals surface area contributed by atoms with E-state index in [9.17, 15) is 14.9 Å². The van der Waals surface area contributed by atoms with Gasteiger partial charge in [0.05, 0.1) is 15.1 Å². The van der Waals surface area contributed by atoms with Crippen LogP contribution in [0.2, 0.25) is 0 Å². The number of carbonyl (C=O) groups excluding carboxylic acids is 1. The molecule has 0 aliphatic rings. The molecule has 0 aliphatic heterocycles. The molecule has 10 heteroatoms. The highest BCUT2D eigenvalue weighted by Gasteiger charge is 2.14. The molecule has 0 radical (unpaired) electrons. The van der Waals surface area contributed by atoms with Gasteiger partial charge in [-0.05, 0) is 41.2 Å². The fraction of sp³-hybridized carbons (Fsp3) is 0. The van der Waals surface area contributed by atoms with E-state index in [1.165, 1.54) is 23.5 Å². The number of hydrogen-bond donors (Lipinski definition) is 2. The van der Waals surface area contributed by atoms with E-state index in [0.717, 1.165) is 15.2 Å². The van der Waals surface area contributed by atoms with Gasteiger partial charge in [0.25, 0.3) is 11.6 Å². The monoisotopic (exact) mass is 486 g/mol. The minimum atomic E-state index is -0.459. The Balaban J connectivity index is 1.53. The van der Waals surface area contributed by atoms with E-state index < -0.39 is 4.92 Å². The summed E-state index contributed by atoms with van der Waals surface area (Å²) in [5.41, 5.74) is 1.09. The number of carbonyl (C=O) groups is 1. The van der Waals surface area contributed by atoms with Crippen LogP contribution in [0.1, 0.15) is 10.4 Å². The Labute approximate surface area is 182 Å². The number of nitro groups is 1. The van der Waals surface area contributed by atoms with Gasteiger partial charge in [0, 0.05) is 22.2 Å². The van der Waals surface area contributed by atoms with Crippen molar-refractivity contribution in [1.82, 2.24) is 10.3 Å². The van der Waals surface area contributed by atoms with Crippen LogP contribution in [0.4, 0.5) is 10.8 Å². The summed E-state index contributed by atoms with van der Waals surface area (Å²) in [5, 5.41) is 18.7. The molecular weight excluding hydrogens is 476 g/mol. The molecule has 0 bridgehead atoms. The number of thiocarbonyl (C=S) groups is 1. The molecule has 7 nitrogen and oxygen atoms in total. The molecule has 3 aromatic carbocycles. The molecule has 0 saturated carbocycles. The number of thiazole rings is 1. The Bertz CT molecular complexity index is 1310. The van der Waals surface area contributed by atoms with Crippen molar-refractivity contribution in [2.75, 3.05) is 5.32 Å². The summed E-state index contributed by atoms with van der Waals surface area (Å²) in [4.78, 5) is 27.5. The zero-order valence-electron chi connectivity index (χ0n) is 14.5. The third kappa shape index (κ3) is 3.95. The second-order valence-corrected chi connectivity index (χ2v) is 8.27. The summed E-state index contributed by atoms with van der Waals surface area (Å²) in [7, 11) is 0.